The number of nitrogens with two attached hydrogens (primary N) is 1. The number of anilines is 1. The molecule has 0 aliphatic carbocycles. The summed E-state index contributed by atoms with van der Waals surface area (Å²) in [5.41, 5.74) is 7.52. The molecule has 1 aromatic heterocycles. The van der Waals surface area contributed by atoms with Crippen LogP contribution < -0.4 is 10.5 Å². The van der Waals surface area contributed by atoms with E-state index in [2.05, 4.69) is 9.71 Å². The average molecular weight is 277 g/mol. The van der Waals surface area contributed by atoms with Gasteiger partial charge in [0.15, 0.2) is 0 Å². The van der Waals surface area contributed by atoms with E-state index in [-0.39, 0.29) is 4.90 Å². The number of hydrogen-bond acceptors (Lipinski definition) is 4. The molecule has 0 saturated carbocycles. The van der Waals surface area contributed by atoms with E-state index in [1.165, 1.54) is 6.07 Å². The Kier molecular flexibility index (Phi) is 3.82. The molecule has 0 aliphatic rings. The number of nitrogens with zero attached hydrogens (tertiary/aromatic N) is 1. The second kappa shape index (κ2) is 5.38. The van der Waals surface area contributed by atoms with E-state index in [9.17, 15) is 8.42 Å². The van der Waals surface area contributed by atoms with E-state index in [4.69, 9.17) is 5.73 Å². The van der Waals surface area contributed by atoms with Gasteiger partial charge < -0.3 is 5.73 Å². The van der Waals surface area contributed by atoms with Gasteiger partial charge in [0.2, 0.25) is 0 Å². The lowest BCUT2D eigenvalue weighted by Gasteiger charge is -2.09. The lowest BCUT2D eigenvalue weighted by atomic mass is 10.2. The number of hydrogen-bond donors (Lipinski definition) is 2. The molecule has 0 spiro atoms. The molecule has 0 aliphatic heterocycles. The number of aromatic nitrogens is 1. The Morgan fingerprint density at radius 1 is 1.26 bits per heavy atom. The molecule has 2 rings (SSSR count). The van der Waals surface area contributed by atoms with Crippen LogP contribution in [0, 0.1) is 6.92 Å². The first-order valence-corrected chi connectivity index (χ1v) is 7.24. The van der Waals surface area contributed by atoms with Gasteiger partial charge in [-0.05, 0) is 36.8 Å². The third-order valence-corrected chi connectivity index (χ3v) is 3.97. The molecule has 1 heterocycles. The lowest BCUT2D eigenvalue weighted by molar-refractivity contribution is 0.601. The van der Waals surface area contributed by atoms with Crippen molar-refractivity contribution in [3.05, 3.63) is 53.9 Å². The van der Waals surface area contributed by atoms with Crippen LogP contribution in [0.1, 0.15) is 11.3 Å². The van der Waals surface area contributed by atoms with Crippen LogP contribution in [-0.2, 0) is 16.6 Å². The van der Waals surface area contributed by atoms with Gasteiger partial charge in [0.1, 0.15) is 0 Å². The molecule has 100 valence electrons. The van der Waals surface area contributed by atoms with Crippen LogP contribution >= 0.6 is 0 Å². The van der Waals surface area contributed by atoms with E-state index in [1.807, 2.05) is 0 Å². The van der Waals surface area contributed by atoms with Gasteiger partial charge >= 0.3 is 0 Å². The van der Waals surface area contributed by atoms with Crippen LogP contribution in [0.2, 0.25) is 0 Å². The fraction of sp³-hybridized carbons (Fsp3) is 0.154. The predicted octanol–water partition coefficient (Wildman–Crippen LogP) is 1.65. The first-order chi connectivity index (χ1) is 9.01. The van der Waals surface area contributed by atoms with Crippen LogP contribution in [0.3, 0.4) is 0 Å². The Balaban J connectivity index is 2.32. The Labute approximate surface area is 112 Å². The molecule has 0 saturated heterocycles. The average Bonchev–Trinajstić information content (AvgIpc) is 2.38. The topological polar surface area (TPSA) is 85.1 Å². The van der Waals surface area contributed by atoms with E-state index < -0.39 is 10.0 Å². The summed E-state index contributed by atoms with van der Waals surface area (Å²) in [7, 11) is -3.60. The van der Waals surface area contributed by atoms with Crippen molar-refractivity contribution in [1.29, 1.82) is 0 Å². The van der Waals surface area contributed by atoms with Gasteiger partial charge in [-0.3, -0.25) is 9.71 Å². The minimum Gasteiger partial charge on any atom is -0.326 e. The fourth-order valence-electron chi connectivity index (χ4n) is 1.66. The molecule has 0 atom stereocenters. The fourth-order valence-corrected chi connectivity index (χ4v) is 2.78. The maximum absolute atomic E-state index is 12.2. The molecule has 1 aromatic carbocycles. The van der Waals surface area contributed by atoms with Crippen LogP contribution in [-0.4, -0.2) is 13.4 Å². The number of aryl methyl sites for hydroxylation is 1. The molecule has 0 amide bonds. The maximum atomic E-state index is 12.2. The van der Waals surface area contributed by atoms with E-state index in [0.29, 0.717) is 12.2 Å². The Bertz CT molecular complexity index is 684. The van der Waals surface area contributed by atoms with Crippen molar-refractivity contribution in [2.24, 2.45) is 5.73 Å². The number of pyridine rings is 1. The summed E-state index contributed by atoms with van der Waals surface area (Å²) < 4.78 is 26.9. The van der Waals surface area contributed by atoms with Crippen molar-refractivity contribution < 1.29 is 8.42 Å². The molecule has 0 bridgehead atoms. The zero-order valence-corrected chi connectivity index (χ0v) is 11.3. The maximum Gasteiger partial charge on any atom is 0.261 e. The van der Waals surface area contributed by atoms with Gasteiger partial charge in [0.05, 0.1) is 10.6 Å². The summed E-state index contributed by atoms with van der Waals surface area (Å²) in [4.78, 5) is 4.22. The number of benzene rings is 1. The zero-order valence-electron chi connectivity index (χ0n) is 10.5. The summed E-state index contributed by atoms with van der Waals surface area (Å²) in [5.74, 6) is 0. The Morgan fingerprint density at radius 3 is 2.74 bits per heavy atom. The second-order valence-corrected chi connectivity index (χ2v) is 5.83. The van der Waals surface area contributed by atoms with Gasteiger partial charge in [-0.1, -0.05) is 12.1 Å². The smallest absolute Gasteiger partial charge is 0.261 e. The monoisotopic (exact) mass is 277 g/mol. The minimum absolute atomic E-state index is 0.199. The van der Waals surface area contributed by atoms with Crippen molar-refractivity contribution in [2.75, 3.05) is 4.72 Å². The Morgan fingerprint density at radius 2 is 2.05 bits per heavy atom. The summed E-state index contributed by atoms with van der Waals surface area (Å²) in [6.07, 6.45) is 1.56. The Hall–Kier alpha value is -1.92. The quantitative estimate of drug-likeness (QED) is 0.889. The van der Waals surface area contributed by atoms with Crippen molar-refractivity contribution in [3.8, 4) is 0 Å². The molecular formula is C13H15N3O2S. The minimum atomic E-state index is -3.60. The van der Waals surface area contributed by atoms with E-state index >= 15 is 0 Å². The highest BCUT2D eigenvalue weighted by atomic mass is 32.2. The van der Waals surface area contributed by atoms with E-state index in [0.717, 1.165) is 11.3 Å². The standard InChI is InChI=1S/C13H15N3O2S/c1-10-7-12(5-6-15-10)16-19(17,18)13-4-2-3-11(8-13)9-14/h2-8H,9,14H2,1H3,(H,15,16). The van der Waals surface area contributed by atoms with Gasteiger partial charge in [-0.2, -0.15) is 0 Å². The normalized spacial score (nSPS) is 11.3. The largest absolute Gasteiger partial charge is 0.326 e. The van der Waals surface area contributed by atoms with Gasteiger partial charge in [0.25, 0.3) is 10.0 Å². The summed E-state index contributed by atoms with van der Waals surface area (Å²) in [6.45, 7) is 2.10. The first-order valence-electron chi connectivity index (χ1n) is 5.76. The SMILES string of the molecule is Cc1cc(NS(=O)(=O)c2cccc(CN)c2)ccn1. The summed E-state index contributed by atoms with van der Waals surface area (Å²) in [6, 6.07) is 9.84. The highest BCUT2D eigenvalue weighted by Gasteiger charge is 2.14. The summed E-state index contributed by atoms with van der Waals surface area (Å²) in [5, 5.41) is 0. The van der Waals surface area contributed by atoms with Gasteiger partial charge in [-0.25, -0.2) is 8.42 Å². The molecule has 5 nitrogen and oxygen atoms in total. The number of nitrogens with one attached hydrogen (secondary N) is 1. The third-order valence-electron chi connectivity index (χ3n) is 2.59. The molecule has 0 unspecified atom stereocenters. The second-order valence-electron chi connectivity index (χ2n) is 4.14. The van der Waals surface area contributed by atoms with Crippen molar-refractivity contribution in [1.82, 2.24) is 4.98 Å². The van der Waals surface area contributed by atoms with Crippen molar-refractivity contribution in [3.63, 3.8) is 0 Å². The third kappa shape index (κ3) is 3.30. The van der Waals surface area contributed by atoms with Crippen LogP contribution in [0.25, 0.3) is 0 Å². The summed E-state index contributed by atoms with van der Waals surface area (Å²) >= 11 is 0. The zero-order chi connectivity index (χ0) is 13.9. The number of sulfonamides is 1. The first kappa shape index (κ1) is 13.5. The van der Waals surface area contributed by atoms with Gasteiger partial charge in [-0.15, -0.1) is 0 Å². The lowest BCUT2D eigenvalue weighted by Crippen LogP contribution is -2.13. The molecule has 3 N–H and O–H groups in total. The van der Waals surface area contributed by atoms with Crippen molar-refractivity contribution in [2.45, 2.75) is 18.4 Å². The highest BCUT2D eigenvalue weighted by molar-refractivity contribution is 7.92. The molecule has 19 heavy (non-hydrogen) atoms. The molecule has 2 aromatic rings. The molecular weight excluding hydrogens is 262 g/mol. The van der Waals surface area contributed by atoms with Crippen molar-refractivity contribution >= 4 is 15.7 Å². The van der Waals surface area contributed by atoms with E-state index in [1.54, 1.807) is 43.5 Å². The predicted molar refractivity (Wildman–Crippen MR) is 74.1 cm³/mol. The number of rotatable bonds is 4. The van der Waals surface area contributed by atoms with Crippen LogP contribution in [0.5, 0.6) is 0 Å². The molecule has 0 radical (unpaired) electrons. The molecule has 6 heteroatoms. The van der Waals surface area contributed by atoms with Gasteiger partial charge in [0, 0.05) is 18.4 Å². The van der Waals surface area contributed by atoms with Crippen LogP contribution in [0.4, 0.5) is 5.69 Å². The van der Waals surface area contributed by atoms with Crippen LogP contribution in [0.15, 0.2) is 47.5 Å². The highest BCUT2D eigenvalue weighted by Crippen LogP contribution is 2.17. The molecule has 0 fully saturated rings.